The topological polar surface area (TPSA) is 127 Å². The molecule has 1 aliphatic heterocycles. The van der Waals surface area contributed by atoms with Gasteiger partial charge in [0.1, 0.15) is 0 Å². The highest BCUT2D eigenvalue weighted by molar-refractivity contribution is 9.10. The largest absolute Gasteiger partial charge is 0.503 e. The fraction of sp³-hybridized carbons (Fsp3) is 0.150. The molecule has 9 nitrogen and oxygen atoms in total. The zero-order valence-corrected chi connectivity index (χ0v) is 18.4. The van der Waals surface area contributed by atoms with Gasteiger partial charge in [0, 0.05) is 17.7 Å². The van der Waals surface area contributed by atoms with Gasteiger partial charge < -0.3 is 9.84 Å². The zero-order chi connectivity index (χ0) is 22.7. The fourth-order valence-corrected chi connectivity index (χ4v) is 4.03. The van der Waals surface area contributed by atoms with Crippen LogP contribution in [-0.2, 0) is 4.79 Å². The van der Waals surface area contributed by atoms with Crippen LogP contribution in [0.1, 0.15) is 22.8 Å². The predicted octanol–water partition coefficient (Wildman–Crippen LogP) is 4.38. The zero-order valence-electron chi connectivity index (χ0n) is 16.0. The molecule has 0 spiro atoms. The van der Waals surface area contributed by atoms with Gasteiger partial charge in [-0.05, 0) is 70.5 Å². The highest BCUT2D eigenvalue weighted by Gasteiger charge is 2.36. The Morgan fingerprint density at radius 3 is 2.58 bits per heavy atom. The lowest BCUT2D eigenvalue weighted by atomic mass is 10.1. The maximum Gasteiger partial charge on any atom is 0.293 e. The normalized spacial score (nSPS) is 14.9. The number of imide groups is 1. The van der Waals surface area contributed by atoms with E-state index in [2.05, 4.69) is 15.9 Å². The van der Waals surface area contributed by atoms with Crippen LogP contribution in [0.3, 0.4) is 0 Å². The summed E-state index contributed by atoms with van der Waals surface area (Å²) in [5, 5.41) is 20.1. The smallest absolute Gasteiger partial charge is 0.293 e. The van der Waals surface area contributed by atoms with Crippen molar-refractivity contribution in [3.63, 3.8) is 0 Å². The molecule has 1 saturated heterocycles. The van der Waals surface area contributed by atoms with E-state index in [9.17, 15) is 29.6 Å². The van der Waals surface area contributed by atoms with Crippen LogP contribution in [0.4, 0.5) is 10.5 Å². The molecule has 0 bridgehead atoms. The fourth-order valence-electron chi connectivity index (χ4n) is 2.73. The van der Waals surface area contributed by atoms with Crippen LogP contribution in [0, 0.1) is 10.1 Å². The molecule has 0 atom stereocenters. The Kier molecular flexibility index (Phi) is 6.76. The van der Waals surface area contributed by atoms with Gasteiger partial charge in [-0.2, -0.15) is 0 Å². The highest BCUT2D eigenvalue weighted by atomic mass is 79.9. The number of Topliss-reactive ketones (excluding diaryl/α,β-unsaturated/α-hetero) is 1. The summed E-state index contributed by atoms with van der Waals surface area (Å²) in [6, 6.07) is 8.00. The maximum absolute atomic E-state index is 12.7. The van der Waals surface area contributed by atoms with Gasteiger partial charge in [0.25, 0.3) is 16.8 Å². The summed E-state index contributed by atoms with van der Waals surface area (Å²) in [5.41, 5.74) is 0.495. The van der Waals surface area contributed by atoms with Crippen LogP contribution in [0.25, 0.3) is 6.08 Å². The van der Waals surface area contributed by atoms with Gasteiger partial charge in [-0.3, -0.25) is 29.4 Å². The number of hydrogen-bond acceptors (Lipinski definition) is 8. The standard InChI is InChI=1S/C20H15BrN2O7S/c1-2-30-16-8-11(7-14(21)18(16)25)9-17-19(26)22(20(27)31-17)10-15(24)12-3-5-13(6-4-12)23(28)29/h3-9,25H,2,10H2,1H3/b17-9+. The minimum atomic E-state index is -0.632. The number of ether oxygens (including phenoxy) is 1. The van der Waals surface area contributed by atoms with Crippen LogP contribution < -0.4 is 4.74 Å². The first-order valence-electron chi connectivity index (χ1n) is 8.89. The van der Waals surface area contributed by atoms with E-state index in [1.54, 1.807) is 13.0 Å². The third-order valence-electron chi connectivity index (χ3n) is 4.22. The Balaban J connectivity index is 1.79. The number of phenols is 1. The minimum absolute atomic E-state index is 0.0826. The molecule has 2 aromatic rings. The lowest BCUT2D eigenvalue weighted by Crippen LogP contribution is -2.33. The van der Waals surface area contributed by atoms with Crippen molar-refractivity contribution >= 4 is 56.4 Å². The first kappa shape index (κ1) is 22.5. The summed E-state index contributed by atoms with van der Waals surface area (Å²) in [6.07, 6.45) is 1.47. The lowest BCUT2D eigenvalue weighted by Gasteiger charge is -2.11. The Bertz CT molecular complexity index is 1120. The van der Waals surface area contributed by atoms with Crippen LogP contribution in [0.5, 0.6) is 11.5 Å². The summed E-state index contributed by atoms with van der Waals surface area (Å²) in [5.74, 6) is -1.02. The summed E-state index contributed by atoms with van der Waals surface area (Å²) < 4.78 is 5.71. The number of aromatic hydroxyl groups is 1. The molecule has 1 fully saturated rings. The van der Waals surface area contributed by atoms with Crippen molar-refractivity contribution in [2.24, 2.45) is 0 Å². The van der Waals surface area contributed by atoms with E-state index in [4.69, 9.17) is 4.74 Å². The predicted molar refractivity (Wildman–Crippen MR) is 117 cm³/mol. The average Bonchev–Trinajstić information content (AvgIpc) is 2.99. The number of nitro groups is 1. The van der Waals surface area contributed by atoms with E-state index in [-0.39, 0.29) is 27.7 Å². The number of nitro benzene ring substituents is 1. The summed E-state index contributed by atoms with van der Waals surface area (Å²) in [6.45, 7) is 1.60. The quantitative estimate of drug-likeness (QED) is 0.253. The van der Waals surface area contributed by atoms with E-state index >= 15 is 0 Å². The second-order valence-corrected chi connectivity index (χ2v) is 8.13. The van der Waals surface area contributed by atoms with Crippen molar-refractivity contribution in [3.05, 3.63) is 67.0 Å². The summed E-state index contributed by atoms with van der Waals surface area (Å²) in [4.78, 5) is 48.5. The van der Waals surface area contributed by atoms with Crippen molar-refractivity contribution in [2.45, 2.75) is 6.92 Å². The number of phenolic OH excluding ortho intramolecular Hbond substituents is 1. The molecule has 0 aliphatic carbocycles. The Hall–Kier alpha value is -3.18. The average molecular weight is 507 g/mol. The molecule has 11 heteroatoms. The van der Waals surface area contributed by atoms with Crippen LogP contribution >= 0.6 is 27.7 Å². The molecule has 1 N–H and O–H groups in total. The molecular formula is C20H15BrN2O7S. The van der Waals surface area contributed by atoms with Gasteiger partial charge in [0.2, 0.25) is 0 Å². The molecular weight excluding hydrogens is 492 g/mol. The number of halogens is 1. The monoisotopic (exact) mass is 506 g/mol. The number of carbonyl (C=O) groups excluding carboxylic acids is 3. The molecule has 3 rings (SSSR count). The van der Waals surface area contributed by atoms with E-state index in [0.717, 1.165) is 4.90 Å². The Labute approximate surface area is 189 Å². The Morgan fingerprint density at radius 2 is 1.97 bits per heavy atom. The highest BCUT2D eigenvalue weighted by Crippen LogP contribution is 2.38. The number of rotatable bonds is 7. The molecule has 1 aliphatic rings. The number of carbonyl (C=O) groups is 3. The number of hydrogen-bond donors (Lipinski definition) is 1. The molecule has 0 saturated carbocycles. The molecule has 1 heterocycles. The van der Waals surface area contributed by atoms with Crippen LogP contribution in [0.15, 0.2) is 45.8 Å². The molecule has 0 aromatic heterocycles. The van der Waals surface area contributed by atoms with Gasteiger partial charge in [-0.15, -0.1) is 0 Å². The van der Waals surface area contributed by atoms with Crippen molar-refractivity contribution in [1.29, 1.82) is 0 Å². The third kappa shape index (κ3) is 4.94. The van der Waals surface area contributed by atoms with E-state index in [1.807, 2.05) is 0 Å². The first-order valence-corrected chi connectivity index (χ1v) is 10.5. The van der Waals surface area contributed by atoms with Gasteiger partial charge in [-0.1, -0.05) is 0 Å². The van der Waals surface area contributed by atoms with E-state index in [1.165, 1.54) is 36.4 Å². The van der Waals surface area contributed by atoms with Crippen molar-refractivity contribution in [3.8, 4) is 11.5 Å². The molecule has 0 radical (unpaired) electrons. The van der Waals surface area contributed by atoms with Crippen LogP contribution in [-0.4, -0.2) is 45.0 Å². The molecule has 2 aromatic carbocycles. The number of benzene rings is 2. The molecule has 0 unspecified atom stereocenters. The third-order valence-corrected chi connectivity index (χ3v) is 5.74. The number of ketones is 1. The first-order chi connectivity index (χ1) is 14.7. The Morgan fingerprint density at radius 1 is 1.29 bits per heavy atom. The SMILES string of the molecule is CCOc1cc(/C=C2/SC(=O)N(CC(=O)c3ccc([N+](=O)[O-])cc3)C2=O)cc(Br)c1O. The summed E-state index contributed by atoms with van der Waals surface area (Å²) in [7, 11) is 0. The van der Waals surface area contributed by atoms with Crippen LogP contribution in [0.2, 0.25) is 0 Å². The second kappa shape index (κ2) is 9.31. The maximum atomic E-state index is 12.7. The van der Waals surface area contributed by atoms with E-state index in [0.29, 0.717) is 28.4 Å². The minimum Gasteiger partial charge on any atom is -0.503 e. The number of non-ortho nitro benzene ring substituents is 1. The van der Waals surface area contributed by atoms with Gasteiger partial charge in [0.05, 0.1) is 27.5 Å². The number of amides is 2. The summed E-state index contributed by atoms with van der Waals surface area (Å²) >= 11 is 3.90. The molecule has 31 heavy (non-hydrogen) atoms. The number of nitrogens with zero attached hydrogens (tertiary/aromatic N) is 2. The van der Waals surface area contributed by atoms with Crippen molar-refractivity contribution < 1.29 is 29.2 Å². The van der Waals surface area contributed by atoms with Gasteiger partial charge >= 0.3 is 0 Å². The van der Waals surface area contributed by atoms with E-state index < -0.39 is 28.4 Å². The van der Waals surface area contributed by atoms with Crippen molar-refractivity contribution in [2.75, 3.05) is 13.2 Å². The second-order valence-electron chi connectivity index (χ2n) is 6.28. The lowest BCUT2D eigenvalue weighted by molar-refractivity contribution is -0.384. The van der Waals surface area contributed by atoms with Gasteiger partial charge in [-0.25, -0.2) is 0 Å². The molecule has 160 valence electrons. The van der Waals surface area contributed by atoms with Crippen molar-refractivity contribution in [1.82, 2.24) is 4.90 Å². The number of thioether (sulfide) groups is 1. The van der Waals surface area contributed by atoms with Gasteiger partial charge in [0.15, 0.2) is 17.3 Å². The molecule has 2 amide bonds.